The Kier molecular flexibility index (Phi) is 6.54. The summed E-state index contributed by atoms with van der Waals surface area (Å²) in [5.74, 6) is 0.00766. The van der Waals surface area contributed by atoms with Gasteiger partial charge in [0.25, 0.3) is 5.91 Å². The van der Waals surface area contributed by atoms with Crippen LogP contribution in [0.3, 0.4) is 0 Å². The topological polar surface area (TPSA) is 107 Å². The van der Waals surface area contributed by atoms with Gasteiger partial charge in [-0.05, 0) is 43.2 Å². The highest BCUT2D eigenvalue weighted by atomic mass is 19.1. The largest absolute Gasteiger partial charge is 0.473 e. The summed E-state index contributed by atoms with van der Waals surface area (Å²) in [4.78, 5) is 16.6. The Hall–Kier alpha value is -3.30. The number of benzene rings is 1. The van der Waals surface area contributed by atoms with Crippen molar-refractivity contribution in [3.63, 3.8) is 0 Å². The first kappa shape index (κ1) is 21.0. The Balaban J connectivity index is 1.42. The van der Waals surface area contributed by atoms with Crippen molar-refractivity contribution in [1.29, 1.82) is 0 Å². The molecule has 0 radical (unpaired) electrons. The van der Waals surface area contributed by atoms with Gasteiger partial charge in [-0.25, -0.2) is 9.37 Å². The molecule has 9 heteroatoms. The third-order valence-corrected chi connectivity index (χ3v) is 5.05. The summed E-state index contributed by atoms with van der Waals surface area (Å²) in [6.45, 7) is 0.974. The fourth-order valence-corrected chi connectivity index (χ4v) is 3.31. The van der Waals surface area contributed by atoms with E-state index in [4.69, 9.17) is 14.0 Å². The number of carbonyl (C=O) groups excluding carboxylic acids is 1. The van der Waals surface area contributed by atoms with Crippen molar-refractivity contribution in [3.8, 4) is 17.1 Å². The zero-order chi connectivity index (χ0) is 21.6. The van der Waals surface area contributed by atoms with Crippen LogP contribution in [0, 0.1) is 5.82 Å². The molecule has 0 aliphatic carbocycles. The van der Waals surface area contributed by atoms with Gasteiger partial charge in [0.1, 0.15) is 24.7 Å². The van der Waals surface area contributed by atoms with Gasteiger partial charge in [-0.1, -0.05) is 5.16 Å². The molecule has 1 aromatic carbocycles. The lowest BCUT2D eigenvalue weighted by molar-refractivity contribution is 0.0696. The average molecular weight is 427 g/mol. The van der Waals surface area contributed by atoms with Gasteiger partial charge >= 0.3 is 0 Å². The maximum Gasteiger partial charge on any atom is 0.253 e. The molecular formula is C22H22FN3O5. The van der Waals surface area contributed by atoms with Gasteiger partial charge in [0.2, 0.25) is 5.88 Å². The van der Waals surface area contributed by atoms with E-state index in [9.17, 15) is 14.3 Å². The number of hydrogen-bond acceptors (Lipinski definition) is 7. The number of nitrogens with zero attached hydrogens (tertiary/aromatic N) is 2. The second kappa shape index (κ2) is 9.67. The number of aliphatic hydroxyl groups is 1. The summed E-state index contributed by atoms with van der Waals surface area (Å²) in [5.41, 5.74) is 2.07. The molecule has 2 N–H and O–H groups in total. The lowest BCUT2D eigenvalue weighted by Gasteiger charge is -2.23. The first-order valence-electron chi connectivity index (χ1n) is 9.95. The molecular weight excluding hydrogens is 405 g/mol. The lowest BCUT2D eigenvalue weighted by Crippen LogP contribution is -2.38. The first-order valence-corrected chi connectivity index (χ1v) is 9.95. The predicted molar refractivity (Wildman–Crippen MR) is 108 cm³/mol. The number of aliphatic hydroxyl groups excluding tert-OH is 1. The third-order valence-electron chi connectivity index (χ3n) is 5.05. The molecule has 1 aliphatic rings. The van der Waals surface area contributed by atoms with E-state index >= 15 is 0 Å². The van der Waals surface area contributed by atoms with Crippen molar-refractivity contribution in [2.75, 3.05) is 13.2 Å². The zero-order valence-corrected chi connectivity index (χ0v) is 16.7. The predicted octanol–water partition coefficient (Wildman–Crippen LogP) is 2.86. The van der Waals surface area contributed by atoms with Crippen molar-refractivity contribution in [3.05, 3.63) is 65.3 Å². The van der Waals surface area contributed by atoms with Crippen LogP contribution < -0.4 is 10.1 Å². The summed E-state index contributed by atoms with van der Waals surface area (Å²) in [7, 11) is 0. The van der Waals surface area contributed by atoms with Crippen molar-refractivity contribution in [1.82, 2.24) is 15.5 Å². The summed E-state index contributed by atoms with van der Waals surface area (Å²) in [6.07, 6.45) is 3.04. The van der Waals surface area contributed by atoms with Gasteiger partial charge in [0.05, 0.1) is 11.1 Å². The summed E-state index contributed by atoms with van der Waals surface area (Å²) in [5, 5.41) is 16.5. The second-order valence-corrected chi connectivity index (χ2v) is 7.13. The lowest BCUT2D eigenvalue weighted by atomic mass is 10.1. The number of amides is 1. The maximum atomic E-state index is 13.2. The van der Waals surface area contributed by atoms with Crippen molar-refractivity contribution in [2.45, 2.75) is 32.1 Å². The number of nitrogens with one attached hydrogen (secondary N) is 1. The quantitative estimate of drug-likeness (QED) is 0.597. The van der Waals surface area contributed by atoms with Gasteiger partial charge in [-0.15, -0.1) is 0 Å². The molecule has 1 saturated heterocycles. The molecule has 2 aromatic heterocycles. The summed E-state index contributed by atoms with van der Waals surface area (Å²) >= 11 is 0. The Labute approximate surface area is 178 Å². The van der Waals surface area contributed by atoms with Crippen LogP contribution in [0.5, 0.6) is 5.88 Å². The molecule has 0 saturated carbocycles. The molecule has 1 fully saturated rings. The van der Waals surface area contributed by atoms with Gasteiger partial charge in [-0.3, -0.25) is 4.79 Å². The molecule has 0 bridgehead atoms. The van der Waals surface area contributed by atoms with Crippen LogP contribution in [-0.2, 0) is 18.0 Å². The summed E-state index contributed by atoms with van der Waals surface area (Å²) < 4.78 is 29.4. The Morgan fingerprint density at radius 2 is 1.97 bits per heavy atom. The molecule has 8 nitrogen and oxygen atoms in total. The van der Waals surface area contributed by atoms with E-state index in [-0.39, 0.29) is 36.7 Å². The normalized spacial score (nSPS) is 14.4. The summed E-state index contributed by atoms with van der Waals surface area (Å²) in [6, 6.07) is 9.12. The van der Waals surface area contributed by atoms with Crippen LogP contribution in [0.2, 0.25) is 0 Å². The van der Waals surface area contributed by atoms with Crippen molar-refractivity contribution in [2.24, 2.45) is 0 Å². The van der Waals surface area contributed by atoms with E-state index < -0.39 is 0 Å². The zero-order valence-electron chi connectivity index (χ0n) is 16.7. The van der Waals surface area contributed by atoms with Crippen LogP contribution in [0.4, 0.5) is 4.39 Å². The molecule has 3 heterocycles. The van der Waals surface area contributed by atoms with E-state index in [1.54, 1.807) is 24.3 Å². The SMILES string of the molecule is O=C(NC1CCOCC1)c1ccc(OCc2c(-c3ccc(F)cc3)noc2CO)nc1. The molecule has 0 atom stereocenters. The van der Waals surface area contributed by atoms with Crippen LogP contribution in [0.25, 0.3) is 11.3 Å². The number of aromatic nitrogens is 2. The number of pyridine rings is 1. The molecule has 1 amide bonds. The Morgan fingerprint density at radius 1 is 1.19 bits per heavy atom. The number of halogens is 1. The van der Waals surface area contributed by atoms with Crippen molar-refractivity contribution >= 4 is 5.91 Å². The monoisotopic (exact) mass is 427 g/mol. The fraction of sp³-hybridized carbons (Fsp3) is 0.318. The van der Waals surface area contributed by atoms with Gasteiger partial charge in [-0.2, -0.15) is 0 Å². The standard InChI is InChI=1S/C22H22FN3O5/c23-16-4-1-14(2-5-16)21-18(19(12-27)31-26-21)13-30-20-6-3-15(11-24-20)22(28)25-17-7-9-29-10-8-17/h1-6,11,17,27H,7-10,12-13H2,(H,25,28). The number of ether oxygens (including phenoxy) is 2. The van der Waals surface area contributed by atoms with Crippen molar-refractivity contribution < 1.29 is 28.3 Å². The number of carbonyl (C=O) groups is 1. The van der Waals surface area contributed by atoms with Crippen LogP contribution in [0.1, 0.15) is 34.5 Å². The smallest absolute Gasteiger partial charge is 0.253 e. The maximum absolute atomic E-state index is 13.2. The number of rotatable bonds is 7. The van der Waals surface area contributed by atoms with E-state index in [1.807, 2.05) is 0 Å². The highest BCUT2D eigenvalue weighted by Crippen LogP contribution is 2.27. The molecule has 1 aliphatic heterocycles. The molecule has 0 spiro atoms. The highest BCUT2D eigenvalue weighted by molar-refractivity contribution is 5.94. The van der Waals surface area contributed by atoms with E-state index in [2.05, 4.69) is 15.5 Å². The average Bonchev–Trinajstić information content (AvgIpc) is 3.22. The third kappa shape index (κ3) is 5.07. The van der Waals surface area contributed by atoms with Gasteiger partial charge in [0, 0.05) is 37.1 Å². The minimum atomic E-state index is -0.363. The number of hydrogen-bond donors (Lipinski definition) is 2. The van der Waals surface area contributed by atoms with Gasteiger partial charge < -0.3 is 24.4 Å². The molecule has 0 unspecified atom stereocenters. The molecule has 162 valence electrons. The minimum Gasteiger partial charge on any atom is -0.473 e. The highest BCUT2D eigenvalue weighted by Gasteiger charge is 2.19. The Morgan fingerprint density at radius 3 is 2.65 bits per heavy atom. The fourth-order valence-electron chi connectivity index (χ4n) is 3.31. The van der Waals surface area contributed by atoms with E-state index in [0.29, 0.717) is 41.5 Å². The molecule has 4 rings (SSSR count). The van der Waals surface area contributed by atoms with Crippen LogP contribution >= 0.6 is 0 Å². The van der Waals surface area contributed by atoms with E-state index in [1.165, 1.54) is 18.3 Å². The Bertz CT molecular complexity index is 1010. The van der Waals surface area contributed by atoms with Crippen LogP contribution in [0.15, 0.2) is 47.1 Å². The van der Waals surface area contributed by atoms with Crippen LogP contribution in [-0.4, -0.2) is 40.4 Å². The minimum absolute atomic E-state index is 0.0344. The molecule has 31 heavy (non-hydrogen) atoms. The first-order chi connectivity index (χ1) is 15.1. The van der Waals surface area contributed by atoms with Gasteiger partial charge in [0.15, 0.2) is 5.76 Å². The van der Waals surface area contributed by atoms with E-state index in [0.717, 1.165) is 12.8 Å². The second-order valence-electron chi connectivity index (χ2n) is 7.13. The molecule has 3 aromatic rings.